The molecule has 0 radical (unpaired) electrons. The van der Waals surface area contributed by atoms with Gasteiger partial charge in [0.05, 0.1) is 12.5 Å². The molecule has 3 aliphatic carbocycles. The molecule has 10 nitrogen and oxygen atoms in total. The summed E-state index contributed by atoms with van der Waals surface area (Å²) in [4.78, 5) is 39.7. The Morgan fingerprint density at radius 1 is 1.16 bits per heavy atom. The molecule has 3 heterocycles. The van der Waals surface area contributed by atoms with E-state index >= 15 is 0 Å². The zero-order valence-electron chi connectivity index (χ0n) is 28.8. The van der Waals surface area contributed by atoms with Gasteiger partial charge in [-0.05, 0) is 32.3 Å². The highest BCUT2D eigenvalue weighted by atomic mass is 35.5. The van der Waals surface area contributed by atoms with E-state index in [4.69, 9.17) is 23.7 Å². The van der Waals surface area contributed by atoms with Crippen LogP contribution >= 0.6 is 0 Å². The minimum atomic E-state index is -0.977. The van der Waals surface area contributed by atoms with Crippen LogP contribution in [0, 0.1) is 29.6 Å². The van der Waals surface area contributed by atoms with Crippen LogP contribution in [0.3, 0.4) is 0 Å². The largest absolute Gasteiger partial charge is 1.00 e. The molecule has 2 fully saturated rings. The smallest absolute Gasteiger partial charge is 0.335 e. The molecule has 1 saturated heterocycles. The van der Waals surface area contributed by atoms with Gasteiger partial charge in [0.1, 0.15) is 36.6 Å². The quantitative estimate of drug-likeness (QED) is 0.174. The van der Waals surface area contributed by atoms with Crippen molar-refractivity contribution >= 4 is 17.9 Å². The van der Waals surface area contributed by atoms with Gasteiger partial charge in [-0.25, -0.2) is 14.2 Å². The third-order valence-electron chi connectivity index (χ3n) is 11.0. The number of methoxy groups -OCH3 is 1. The Labute approximate surface area is 294 Å². The third kappa shape index (κ3) is 7.02. The van der Waals surface area contributed by atoms with Crippen LogP contribution in [0.15, 0.2) is 78.2 Å². The average molecular weight is 698 g/mol. The highest BCUT2D eigenvalue weighted by Gasteiger charge is 2.69. The van der Waals surface area contributed by atoms with Crippen LogP contribution in [0.25, 0.3) is 0 Å². The Morgan fingerprint density at radius 3 is 2.61 bits per heavy atom. The first-order chi connectivity index (χ1) is 23.0. The first kappa shape index (κ1) is 37.0. The number of pyridine rings is 1. The SMILES string of the molecule is CO[C@H]1C[C@H]2C=C[C@H]3[C@H]4O[C@]2(/C(C)=C/[C@@H](C)[C@@H]([C@@H](C)OC(=O)CCC[n+]2ccccc2)OC1=O)[C@@H]3[C@H](O)[C@@H](C)[C@H]4OC(=O)C1=CC=CC1.[Cl-]. The van der Waals surface area contributed by atoms with Crippen molar-refractivity contribution in [2.75, 3.05) is 7.11 Å². The molecule has 4 bridgehead atoms. The highest BCUT2D eigenvalue weighted by molar-refractivity contribution is 5.90. The number of carbonyl (C=O) groups excluding carboxylic acids is 3. The predicted molar refractivity (Wildman–Crippen MR) is 174 cm³/mol. The van der Waals surface area contributed by atoms with Crippen LogP contribution in [0.1, 0.15) is 53.4 Å². The number of esters is 3. The van der Waals surface area contributed by atoms with Crippen LogP contribution < -0.4 is 17.0 Å². The lowest BCUT2D eigenvalue weighted by molar-refractivity contribution is -0.697. The molecule has 12 atom stereocenters. The fourth-order valence-corrected chi connectivity index (χ4v) is 8.61. The number of allylic oxidation sites excluding steroid dienone is 3. The number of halogens is 1. The molecule has 0 aromatic carbocycles. The van der Waals surface area contributed by atoms with Gasteiger partial charge in [-0.1, -0.05) is 56.4 Å². The number of aliphatic hydroxyl groups is 1. The van der Waals surface area contributed by atoms with Gasteiger partial charge in [-0.15, -0.1) is 0 Å². The van der Waals surface area contributed by atoms with Gasteiger partial charge in [-0.3, -0.25) is 4.79 Å². The van der Waals surface area contributed by atoms with Crippen molar-refractivity contribution in [3.8, 4) is 0 Å². The summed E-state index contributed by atoms with van der Waals surface area (Å²) < 4.78 is 32.8. The molecule has 6 rings (SSSR count). The zero-order valence-corrected chi connectivity index (χ0v) is 29.5. The second-order valence-corrected chi connectivity index (χ2v) is 14.0. The Balaban J connectivity index is 0.00000468. The molecule has 0 amide bonds. The molecule has 11 heteroatoms. The maximum atomic E-state index is 13.6. The molecule has 2 aliphatic heterocycles. The van der Waals surface area contributed by atoms with E-state index in [-0.39, 0.29) is 60.8 Å². The number of cyclic esters (lactones) is 1. The average Bonchev–Trinajstić information content (AvgIpc) is 3.67. The standard InChI is InChI=1S/C38H48NO9.ClH/c1-22-20-23(2)38-27(15-16-28-31(38)32(41)24(3)34(35(28)48-38)47-36(42)26-12-7-8-13-26)21-29(44-5)37(43)46-33(22)25(4)45-30(40)14-11-19-39-17-9-6-10-18-39;/h6-10,12,15-18,20,22,24-25,27-29,31-35,41H,11,13-14,19,21H2,1-5H3;1H/q+1;/p-1/b23-20+;/t22-,24-,25-,27-,28-,29+,31+,32-,33+,34-,35-,38+;/m1./s1. The number of ether oxygens (including phenoxy) is 5. The summed E-state index contributed by atoms with van der Waals surface area (Å²) in [6.07, 6.45) is 12.7. The summed E-state index contributed by atoms with van der Waals surface area (Å²) in [5.41, 5.74) is 0.487. The summed E-state index contributed by atoms with van der Waals surface area (Å²) in [6, 6.07) is 5.82. The van der Waals surface area contributed by atoms with Gasteiger partial charge in [0.2, 0.25) is 0 Å². The molecule has 0 unspecified atom stereocenters. The van der Waals surface area contributed by atoms with Crippen molar-refractivity contribution in [3.63, 3.8) is 0 Å². The molecule has 1 spiro atoms. The lowest BCUT2D eigenvalue weighted by Gasteiger charge is -2.49. The molecule has 1 saturated carbocycles. The number of hydrogen-bond donors (Lipinski definition) is 1. The zero-order chi connectivity index (χ0) is 34.2. The predicted octanol–water partition coefficient (Wildman–Crippen LogP) is 0.968. The number of hydrogen-bond acceptors (Lipinski definition) is 9. The monoisotopic (exact) mass is 697 g/mol. The molecule has 1 aromatic heterocycles. The van der Waals surface area contributed by atoms with Crippen molar-refractivity contribution in [2.24, 2.45) is 29.6 Å². The van der Waals surface area contributed by atoms with Crippen molar-refractivity contribution in [1.29, 1.82) is 0 Å². The number of aryl methyl sites for hydroxylation is 1. The number of carbonyl (C=O) groups is 3. The maximum Gasteiger partial charge on any atom is 0.335 e. The number of nitrogens with zero attached hydrogens (tertiary/aromatic N) is 1. The van der Waals surface area contributed by atoms with Gasteiger partial charge in [0.25, 0.3) is 0 Å². The minimum Gasteiger partial charge on any atom is -1.00 e. The lowest BCUT2D eigenvalue weighted by Crippen LogP contribution is -3.00. The van der Waals surface area contributed by atoms with E-state index in [0.29, 0.717) is 25.0 Å². The first-order valence-corrected chi connectivity index (χ1v) is 17.2. The summed E-state index contributed by atoms with van der Waals surface area (Å²) >= 11 is 0. The van der Waals surface area contributed by atoms with E-state index in [0.717, 1.165) is 5.57 Å². The molecule has 1 N–H and O–H groups in total. The molecule has 49 heavy (non-hydrogen) atoms. The van der Waals surface area contributed by atoms with Gasteiger partial charge >= 0.3 is 17.9 Å². The van der Waals surface area contributed by atoms with Crippen LogP contribution in [0.5, 0.6) is 0 Å². The topological polar surface area (TPSA) is 121 Å². The fraction of sp³-hybridized carbons (Fsp3) is 0.579. The van der Waals surface area contributed by atoms with Gasteiger partial charge < -0.3 is 41.2 Å². The van der Waals surface area contributed by atoms with Gasteiger partial charge in [0, 0.05) is 60.8 Å². The molecule has 266 valence electrons. The van der Waals surface area contributed by atoms with E-state index in [1.54, 1.807) is 13.0 Å². The molecule has 5 aliphatic rings. The van der Waals surface area contributed by atoms with Crippen LogP contribution in [0.2, 0.25) is 0 Å². The second kappa shape index (κ2) is 15.3. The van der Waals surface area contributed by atoms with E-state index in [1.807, 2.05) is 74.2 Å². The van der Waals surface area contributed by atoms with Gasteiger partial charge in [-0.2, -0.15) is 0 Å². The number of aromatic nitrogens is 1. The lowest BCUT2D eigenvalue weighted by atomic mass is 9.57. The molecular weight excluding hydrogens is 650 g/mol. The summed E-state index contributed by atoms with van der Waals surface area (Å²) in [5, 5.41) is 11.9. The van der Waals surface area contributed by atoms with E-state index in [1.165, 1.54) is 7.11 Å². The third-order valence-corrected chi connectivity index (χ3v) is 11.0. The Kier molecular flexibility index (Phi) is 11.5. The Hall–Kier alpha value is -3.31. The molecular formula is C38H48ClNO9. The minimum absolute atomic E-state index is 0. The van der Waals surface area contributed by atoms with Crippen LogP contribution in [-0.4, -0.2) is 72.3 Å². The maximum absolute atomic E-state index is 13.6. The van der Waals surface area contributed by atoms with Crippen molar-refractivity contribution in [3.05, 3.63) is 78.2 Å². The number of rotatable bonds is 9. The summed E-state index contributed by atoms with van der Waals surface area (Å²) in [7, 11) is 1.47. The van der Waals surface area contributed by atoms with E-state index < -0.39 is 54.2 Å². The highest BCUT2D eigenvalue weighted by Crippen LogP contribution is 2.61. The van der Waals surface area contributed by atoms with Crippen molar-refractivity contribution in [1.82, 2.24) is 0 Å². The Bertz CT molecular complexity index is 1510. The van der Waals surface area contributed by atoms with Crippen LogP contribution in [-0.2, 0) is 44.6 Å². The number of aliphatic hydroxyl groups excluding tert-OH is 1. The normalized spacial score (nSPS) is 37.8. The first-order valence-electron chi connectivity index (χ1n) is 17.2. The van der Waals surface area contributed by atoms with Gasteiger partial charge in [0.15, 0.2) is 18.5 Å². The van der Waals surface area contributed by atoms with E-state index in [9.17, 15) is 19.5 Å². The summed E-state index contributed by atoms with van der Waals surface area (Å²) in [5.74, 6) is -2.91. The van der Waals surface area contributed by atoms with Crippen molar-refractivity contribution < 1.29 is 60.1 Å². The Morgan fingerprint density at radius 2 is 1.92 bits per heavy atom. The van der Waals surface area contributed by atoms with Crippen LogP contribution in [0.4, 0.5) is 0 Å². The fourth-order valence-electron chi connectivity index (χ4n) is 8.61. The summed E-state index contributed by atoms with van der Waals surface area (Å²) in [6.45, 7) is 8.25. The second-order valence-electron chi connectivity index (χ2n) is 14.0. The van der Waals surface area contributed by atoms with Crippen molar-refractivity contribution in [2.45, 2.75) is 102 Å². The van der Waals surface area contributed by atoms with E-state index in [2.05, 4.69) is 12.2 Å². The molecule has 1 aromatic rings.